The van der Waals surface area contributed by atoms with Gasteiger partial charge < -0.3 is 20.3 Å². The van der Waals surface area contributed by atoms with Gasteiger partial charge in [0.05, 0.1) is 6.26 Å². The molecule has 1 rings (SSSR count). The number of amides is 1. The Morgan fingerprint density at radius 2 is 1.73 bits per heavy atom. The average molecular weight is 392 g/mol. The third kappa shape index (κ3) is 7.77. The zero-order chi connectivity index (χ0) is 20.0. The summed E-state index contributed by atoms with van der Waals surface area (Å²) in [6.45, 7) is 10.9. The van der Waals surface area contributed by atoms with Crippen molar-refractivity contribution in [3.05, 3.63) is 0 Å². The number of hydrogen-bond donors (Lipinski definition) is 1. The third-order valence-corrected chi connectivity index (χ3v) is 5.30. The Morgan fingerprint density at radius 1 is 1.19 bits per heavy atom. The molecule has 0 aromatic rings. The highest BCUT2D eigenvalue weighted by Gasteiger charge is 2.26. The van der Waals surface area contributed by atoms with Gasteiger partial charge in [0, 0.05) is 45.8 Å². The van der Waals surface area contributed by atoms with Crippen LogP contribution in [0, 0.1) is 0 Å². The van der Waals surface area contributed by atoms with Gasteiger partial charge in [0.2, 0.25) is 10.0 Å². The van der Waals surface area contributed by atoms with Gasteiger partial charge in [-0.2, -0.15) is 0 Å². The molecule has 1 aliphatic heterocycles. The second kappa shape index (κ2) is 9.40. The predicted molar refractivity (Wildman–Crippen MR) is 103 cm³/mol. The molecule has 152 valence electrons. The third-order valence-electron chi connectivity index (χ3n) is 3.92. The smallest absolute Gasteiger partial charge is 0.410 e. The number of carbonyl (C=O) groups excluding carboxylic acids is 1. The number of nitrogens with two attached hydrogens (primary N) is 1. The molecule has 0 spiro atoms. The van der Waals surface area contributed by atoms with E-state index in [0.29, 0.717) is 58.2 Å². The molecule has 0 saturated carbocycles. The first-order valence-electron chi connectivity index (χ1n) is 8.92. The summed E-state index contributed by atoms with van der Waals surface area (Å²) in [4.78, 5) is 20.0. The van der Waals surface area contributed by atoms with E-state index in [-0.39, 0.29) is 6.09 Å². The largest absolute Gasteiger partial charge is 0.444 e. The zero-order valence-electron chi connectivity index (χ0n) is 16.6. The van der Waals surface area contributed by atoms with E-state index in [1.54, 1.807) is 4.90 Å². The molecule has 0 unspecified atom stereocenters. The van der Waals surface area contributed by atoms with Crippen LogP contribution in [0.3, 0.4) is 0 Å². The fourth-order valence-electron chi connectivity index (χ4n) is 2.54. The van der Waals surface area contributed by atoms with Crippen LogP contribution in [0.15, 0.2) is 4.99 Å². The van der Waals surface area contributed by atoms with E-state index in [1.807, 2.05) is 32.6 Å². The molecule has 0 bridgehead atoms. The van der Waals surface area contributed by atoms with Crippen LogP contribution in [0.4, 0.5) is 4.79 Å². The molecule has 1 aliphatic rings. The first kappa shape index (κ1) is 22.5. The van der Waals surface area contributed by atoms with Gasteiger partial charge in [-0.15, -0.1) is 0 Å². The van der Waals surface area contributed by atoms with E-state index in [4.69, 9.17) is 10.5 Å². The maximum absolute atomic E-state index is 12.0. The molecular weight excluding hydrogens is 358 g/mol. The molecule has 1 amide bonds. The summed E-state index contributed by atoms with van der Waals surface area (Å²) in [5.41, 5.74) is 5.51. The highest BCUT2D eigenvalue weighted by Crippen LogP contribution is 2.11. The SMILES string of the molecule is CCN(CCCN=C(N)N1CCN(C(=O)OC(C)(C)C)CC1)S(C)(=O)=O. The minimum atomic E-state index is -3.17. The van der Waals surface area contributed by atoms with Gasteiger partial charge in [-0.05, 0) is 27.2 Å². The van der Waals surface area contributed by atoms with Crippen LogP contribution in [0.25, 0.3) is 0 Å². The second-order valence-electron chi connectivity index (χ2n) is 7.30. The Hall–Kier alpha value is -1.55. The molecule has 0 atom stereocenters. The lowest BCUT2D eigenvalue weighted by Crippen LogP contribution is -2.53. The summed E-state index contributed by atoms with van der Waals surface area (Å²) in [6.07, 6.45) is 1.51. The number of piperazine rings is 1. The van der Waals surface area contributed by atoms with Crippen LogP contribution in [0.5, 0.6) is 0 Å². The number of rotatable bonds is 6. The lowest BCUT2D eigenvalue weighted by molar-refractivity contribution is 0.0186. The second-order valence-corrected chi connectivity index (χ2v) is 9.29. The number of guanidine groups is 1. The van der Waals surface area contributed by atoms with Crippen LogP contribution < -0.4 is 5.73 Å². The van der Waals surface area contributed by atoms with E-state index >= 15 is 0 Å². The summed E-state index contributed by atoms with van der Waals surface area (Å²) in [5, 5.41) is 0. The topological polar surface area (TPSA) is 109 Å². The van der Waals surface area contributed by atoms with E-state index in [0.717, 1.165) is 0 Å². The van der Waals surface area contributed by atoms with Gasteiger partial charge in [0.1, 0.15) is 5.60 Å². The minimum Gasteiger partial charge on any atom is -0.444 e. The predicted octanol–water partition coefficient (Wildman–Crippen LogP) is 0.525. The molecule has 0 aliphatic carbocycles. The van der Waals surface area contributed by atoms with Crippen molar-refractivity contribution in [3.8, 4) is 0 Å². The molecule has 1 fully saturated rings. The lowest BCUT2D eigenvalue weighted by atomic mass is 10.2. The summed E-state index contributed by atoms with van der Waals surface area (Å²) >= 11 is 0. The van der Waals surface area contributed by atoms with Crippen LogP contribution in [-0.4, -0.2) is 92.2 Å². The number of carbonyl (C=O) groups is 1. The highest BCUT2D eigenvalue weighted by atomic mass is 32.2. The van der Waals surface area contributed by atoms with E-state index in [9.17, 15) is 13.2 Å². The number of ether oxygens (including phenoxy) is 1. The molecular formula is C16H33N5O4S. The molecule has 1 saturated heterocycles. The molecule has 9 nitrogen and oxygen atoms in total. The van der Waals surface area contributed by atoms with Crippen LogP contribution in [-0.2, 0) is 14.8 Å². The Morgan fingerprint density at radius 3 is 2.19 bits per heavy atom. The normalized spacial score (nSPS) is 16.9. The Balaban J connectivity index is 2.40. The highest BCUT2D eigenvalue weighted by molar-refractivity contribution is 7.88. The van der Waals surface area contributed by atoms with E-state index in [1.165, 1.54) is 10.6 Å². The zero-order valence-corrected chi connectivity index (χ0v) is 17.4. The molecule has 0 aromatic heterocycles. The van der Waals surface area contributed by atoms with Gasteiger partial charge in [-0.1, -0.05) is 6.92 Å². The summed E-state index contributed by atoms with van der Waals surface area (Å²) < 4.78 is 29.8. The number of aliphatic imine (C=N–C) groups is 1. The quantitative estimate of drug-likeness (QED) is 0.402. The van der Waals surface area contributed by atoms with Crippen LogP contribution in [0.1, 0.15) is 34.1 Å². The van der Waals surface area contributed by atoms with Crippen LogP contribution in [0.2, 0.25) is 0 Å². The van der Waals surface area contributed by atoms with Crippen molar-refractivity contribution in [2.75, 3.05) is 52.1 Å². The van der Waals surface area contributed by atoms with Crippen molar-refractivity contribution >= 4 is 22.1 Å². The first-order chi connectivity index (χ1) is 11.9. The Kier molecular flexibility index (Phi) is 8.14. The number of sulfonamides is 1. The van der Waals surface area contributed by atoms with Crippen molar-refractivity contribution in [1.82, 2.24) is 14.1 Å². The van der Waals surface area contributed by atoms with Gasteiger partial charge in [0.25, 0.3) is 0 Å². The Bertz CT molecular complexity index is 592. The van der Waals surface area contributed by atoms with Crippen molar-refractivity contribution in [1.29, 1.82) is 0 Å². The van der Waals surface area contributed by atoms with Gasteiger partial charge >= 0.3 is 6.09 Å². The van der Waals surface area contributed by atoms with Gasteiger partial charge in [0.15, 0.2) is 5.96 Å². The fourth-order valence-corrected chi connectivity index (χ4v) is 3.47. The monoisotopic (exact) mass is 391 g/mol. The lowest BCUT2D eigenvalue weighted by Gasteiger charge is -2.36. The van der Waals surface area contributed by atoms with Crippen molar-refractivity contribution in [2.45, 2.75) is 39.7 Å². The van der Waals surface area contributed by atoms with E-state index in [2.05, 4.69) is 4.99 Å². The Labute approximate surface area is 157 Å². The van der Waals surface area contributed by atoms with Crippen molar-refractivity contribution < 1.29 is 17.9 Å². The van der Waals surface area contributed by atoms with Crippen molar-refractivity contribution in [3.63, 3.8) is 0 Å². The maximum atomic E-state index is 12.0. The maximum Gasteiger partial charge on any atom is 0.410 e. The van der Waals surface area contributed by atoms with Crippen molar-refractivity contribution in [2.24, 2.45) is 10.7 Å². The molecule has 26 heavy (non-hydrogen) atoms. The molecule has 10 heteroatoms. The summed E-state index contributed by atoms with van der Waals surface area (Å²) in [6, 6.07) is 0. The molecule has 1 heterocycles. The number of hydrogen-bond acceptors (Lipinski definition) is 5. The molecule has 2 N–H and O–H groups in total. The number of nitrogens with zero attached hydrogens (tertiary/aromatic N) is 4. The van der Waals surface area contributed by atoms with Gasteiger partial charge in [-0.25, -0.2) is 17.5 Å². The standard InChI is InChI=1S/C16H33N5O4S/c1-6-21(26(5,23)24)9-7-8-18-14(17)19-10-12-20(13-11-19)15(22)25-16(2,3)4/h6-13H2,1-5H3,(H2,17,18). The van der Waals surface area contributed by atoms with Gasteiger partial charge in [-0.3, -0.25) is 4.99 Å². The average Bonchev–Trinajstić information content (AvgIpc) is 2.52. The summed E-state index contributed by atoms with van der Waals surface area (Å²) in [7, 11) is -3.17. The first-order valence-corrected chi connectivity index (χ1v) is 10.8. The molecule has 0 aromatic carbocycles. The minimum absolute atomic E-state index is 0.312. The molecule has 0 radical (unpaired) electrons. The summed E-state index contributed by atoms with van der Waals surface area (Å²) in [5.74, 6) is 0.427. The van der Waals surface area contributed by atoms with Crippen LogP contribution >= 0.6 is 0 Å². The van der Waals surface area contributed by atoms with E-state index < -0.39 is 15.6 Å². The fraction of sp³-hybridized carbons (Fsp3) is 0.875.